The minimum absolute atomic E-state index is 0.0201. The number of benzene rings is 1. The summed E-state index contributed by atoms with van der Waals surface area (Å²) >= 11 is 5.53. The van der Waals surface area contributed by atoms with Gasteiger partial charge in [0.15, 0.2) is 0 Å². The van der Waals surface area contributed by atoms with Crippen LogP contribution >= 0.6 is 22.3 Å². The third-order valence-electron chi connectivity index (χ3n) is 1.08. The third-order valence-corrected chi connectivity index (χ3v) is 2.66. The topological polar surface area (TPSA) is 34.1 Å². The van der Waals surface area contributed by atoms with Gasteiger partial charge in [0, 0.05) is 15.7 Å². The van der Waals surface area contributed by atoms with Gasteiger partial charge >= 0.3 is 0 Å². The monoisotopic (exact) mass is 240 g/mol. The molecule has 0 fully saturated rings. The van der Waals surface area contributed by atoms with Gasteiger partial charge in [0.1, 0.15) is 0 Å². The van der Waals surface area contributed by atoms with Crippen LogP contribution in [0, 0.1) is 0 Å². The standard InChI is InChI=1S/C6H4Cl2O2S.C2H6/c7-5-2-1-3-6(4-5)11(8,9)10;1-2/h1-4H;1-2H3. The summed E-state index contributed by atoms with van der Waals surface area (Å²) in [6.07, 6.45) is 0. The number of rotatable bonds is 1. The SMILES string of the molecule is CC.O=S(=O)(Cl)c1cccc(Cl)c1. The predicted molar refractivity (Wildman–Crippen MR) is 55.8 cm³/mol. The van der Waals surface area contributed by atoms with Gasteiger partial charge in [-0.25, -0.2) is 8.42 Å². The lowest BCUT2D eigenvalue weighted by atomic mass is 10.4. The lowest BCUT2D eigenvalue weighted by Gasteiger charge is -1.94. The van der Waals surface area contributed by atoms with Crippen molar-refractivity contribution in [3.63, 3.8) is 0 Å². The first-order valence-electron chi connectivity index (χ1n) is 3.70. The summed E-state index contributed by atoms with van der Waals surface area (Å²) in [5.41, 5.74) is 0. The minimum atomic E-state index is -3.64. The van der Waals surface area contributed by atoms with Crippen molar-refractivity contribution >= 4 is 31.3 Å². The van der Waals surface area contributed by atoms with Gasteiger partial charge in [-0.05, 0) is 18.2 Å². The molecule has 0 spiro atoms. The van der Waals surface area contributed by atoms with Crippen LogP contribution in [0.5, 0.6) is 0 Å². The fraction of sp³-hybridized carbons (Fsp3) is 0.250. The third kappa shape index (κ3) is 4.50. The van der Waals surface area contributed by atoms with Crippen molar-refractivity contribution < 1.29 is 8.42 Å². The average Bonchev–Trinajstić information content (AvgIpc) is 2.06. The molecule has 0 atom stereocenters. The number of hydrogen-bond acceptors (Lipinski definition) is 2. The summed E-state index contributed by atoms with van der Waals surface area (Å²) in [4.78, 5) is 0.0201. The van der Waals surface area contributed by atoms with Crippen LogP contribution in [0.1, 0.15) is 13.8 Å². The summed E-state index contributed by atoms with van der Waals surface area (Å²) in [6, 6.07) is 5.78. The molecule has 1 aromatic carbocycles. The van der Waals surface area contributed by atoms with E-state index in [0.717, 1.165) is 0 Å². The smallest absolute Gasteiger partial charge is 0.207 e. The summed E-state index contributed by atoms with van der Waals surface area (Å²) in [5.74, 6) is 0. The first-order valence-corrected chi connectivity index (χ1v) is 6.39. The van der Waals surface area contributed by atoms with Crippen molar-refractivity contribution in [3.05, 3.63) is 29.3 Å². The zero-order valence-electron chi connectivity index (χ0n) is 7.29. The van der Waals surface area contributed by atoms with Crippen LogP contribution in [0.3, 0.4) is 0 Å². The Bertz CT molecular complexity index is 360. The van der Waals surface area contributed by atoms with E-state index in [1.165, 1.54) is 18.2 Å². The molecule has 0 saturated carbocycles. The normalized spacial score (nSPS) is 10.2. The van der Waals surface area contributed by atoms with Gasteiger partial charge in [0.25, 0.3) is 9.05 Å². The van der Waals surface area contributed by atoms with Crippen molar-refractivity contribution in [1.29, 1.82) is 0 Å². The van der Waals surface area contributed by atoms with E-state index in [0.29, 0.717) is 5.02 Å². The lowest BCUT2D eigenvalue weighted by Crippen LogP contribution is -1.88. The van der Waals surface area contributed by atoms with Gasteiger partial charge < -0.3 is 0 Å². The second-order valence-corrected chi connectivity index (χ2v) is 4.90. The molecule has 74 valence electrons. The van der Waals surface area contributed by atoms with E-state index in [9.17, 15) is 8.42 Å². The zero-order valence-corrected chi connectivity index (χ0v) is 9.62. The van der Waals surface area contributed by atoms with E-state index in [-0.39, 0.29) is 4.90 Å². The number of halogens is 2. The molecule has 0 bridgehead atoms. The molecule has 0 aliphatic carbocycles. The lowest BCUT2D eigenvalue weighted by molar-refractivity contribution is 0.609. The maximum atomic E-state index is 10.7. The highest BCUT2D eigenvalue weighted by molar-refractivity contribution is 8.13. The summed E-state index contributed by atoms with van der Waals surface area (Å²) in [5, 5.41) is 0.353. The Kier molecular flexibility index (Phi) is 5.37. The van der Waals surface area contributed by atoms with Crippen LogP contribution in [0.2, 0.25) is 5.02 Å². The molecule has 2 nitrogen and oxygen atoms in total. The van der Waals surface area contributed by atoms with E-state index in [2.05, 4.69) is 0 Å². The van der Waals surface area contributed by atoms with Crippen molar-refractivity contribution in [2.24, 2.45) is 0 Å². The maximum Gasteiger partial charge on any atom is 0.261 e. The molecule has 0 heterocycles. The Morgan fingerprint density at radius 1 is 1.23 bits per heavy atom. The Morgan fingerprint density at radius 2 is 1.77 bits per heavy atom. The van der Waals surface area contributed by atoms with Crippen LogP contribution in [-0.4, -0.2) is 8.42 Å². The Balaban J connectivity index is 0.000000671. The molecular formula is C8H10Cl2O2S. The van der Waals surface area contributed by atoms with E-state index < -0.39 is 9.05 Å². The van der Waals surface area contributed by atoms with Gasteiger partial charge in [-0.1, -0.05) is 31.5 Å². The molecule has 13 heavy (non-hydrogen) atoms. The molecule has 0 N–H and O–H groups in total. The molecule has 0 aliphatic heterocycles. The number of hydrogen-bond donors (Lipinski definition) is 0. The summed E-state index contributed by atoms with van der Waals surface area (Å²) < 4.78 is 21.4. The molecular weight excluding hydrogens is 231 g/mol. The van der Waals surface area contributed by atoms with Crippen molar-refractivity contribution in [2.45, 2.75) is 18.7 Å². The first-order chi connectivity index (χ1) is 6.00. The Morgan fingerprint density at radius 3 is 2.08 bits per heavy atom. The maximum absolute atomic E-state index is 10.7. The van der Waals surface area contributed by atoms with E-state index in [1.54, 1.807) is 6.07 Å². The fourth-order valence-electron chi connectivity index (χ4n) is 0.619. The van der Waals surface area contributed by atoms with Gasteiger partial charge in [-0.15, -0.1) is 0 Å². The molecule has 1 aromatic rings. The first kappa shape index (κ1) is 12.8. The van der Waals surface area contributed by atoms with E-state index in [4.69, 9.17) is 22.3 Å². The van der Waals surface area contributed by atoms with Gasteiger partial charge in [-0.2, -0.15) is 0 Å². The highest BCUT2D eigenvalue weighted by atomic mass is 35.7. The molecule has 0 aromatic heterocycles. The van der Waals surface area contributed by atoms with Crippen LogP contribution in [-0.2, 0) is 9.05 Å². The largest absolute Gasteiger partial charge is 0.261 e. The predicted octanol–water partition coefficient (Wildman–Crippen LogP) is 3.29. The molecule has 0 amide bonds. The molecule has 1 rings (SSSR count). The van der Waals surface area contributed by atoms with Gasteiger partial charge in [0.05, 0.1) is 4.90 Å². The quantitative estimate of drug-likeness (QED) is 0.707. The second kappa shape index (κ2) is 5.47. The van der Waals surface area contributed by atoms with E-state index >= 15 is 0 Å². The van der Waals surface area contributed by atoms with Crippen LogP contribution < -0.4 is 0 Å². The van der Waals surface area contributed by atoms with Gasteiger partial charge in [0.2, 0.25) is 0 Å². The second-order valence-electron chi connectivity index (χ2n) is 1.90. The van der Waals surface area contributed by atoms with Crippen molar-refractivity contribution in [1.82, 2.24) is 0 Å². The summed E-state index contributed by atoms with van der Waals surface area (Å²) in [7, 11) is 1.41. The molecule has 5 heteroatoms. The van der Waals surface area contributed by atoms with Crippen molar-refractivity contribution in [3.8, 4) is 0 Å². The van der Waals surface area contributed by atoms with Crippen LogP contribution in [0.4, 0.5) is 0 Å². The Hall–Kier alpha value is -0.250. The molecule has 0 unspecified atom stereocenters. The van der Waals surface area contributed by atoms with Crippen LogP contribution in [0.15, 0.2) is 29.2 Å². The summed E-state index contributed by atoms with van der Waals surface area (Å²) in [6.45, 7) is 4.00. The molecule has 0 aliphatic rings. The molecule has 0 radical (unpaired) electrons. The van der Waals surface area contributed by atoms with Crippen LogP contribution in [0.25, 0.3) is 0 Å². The Labute approximate surface area is 87.9 Å². The highest BCUT2D eigenvalue weighted by Crippen LogP contribution is 2.18. The van der Waals surface area contributed by atoms with Gasteiger partial charge in [-0.3, -0.25) is 0 Å². The fourth-order valence-corrected chi connectivity index (χ4v) is 1.67. The minimum Gasteiger partial charge on any atom is -0.207 e. The zero-order chi connectivity index (χ0) is 10.5. The average molecular weight is 241 g/mol. The van der Waals surface area contributed by atoms with E-state index in [1.807, 2.05) is 13.8 Å². The highest BCUT2D eigenvalue weighted by Gasteiger charge is 2.08. The van der Waals surface area contributed by atoms with Crippen molar-refractivity contribution in [2.75, 3.05) is 0 Å². The molecule has 0 saturated heterocycles.